The van der Waals surface area contributed by atoms with Crippen molar-refractivity contribution < 1.29 is 4.79 Å². The lowest BCUT2D eigenvalue weighted by Crippen LogP contribution is -2.46. The van der Waals surface area contributed by atoms with Gasteiger partial charge in [-0.2, -0.15) is 0 Å². The molecule has 1 aliphatic heterocycles. The van der Waals surface area contributed by atoms with Crippen molar-refractivity contribution in [1.29, 1.82) is 0 Å². The van der Waals surface area contributed by atoms with Gasteiger partial charge >= 0.3 is 0 Å². The van der Waals surface area contributed by atoms with Crippen molar-refractivity contribution in [3.05, 3.63) is 77.6 Å². The standard InChI is InChI=1S/C25H30N4O/c1-4-27-15-17-28(18-16-27)24-8-6-5-7-23(24)26-25(30)21-11-13-22(14-12-21)29-19(2)9-10-20(29)3/h5-14H,4,15-18H2,1-3H3,(H,26,30). The van der Waals surface area contributed by atoms with E-state index in [1.807, 2.05) is 42.5 Å². The molecule has 156 valence electrons. The Morgan fingerprint density at radius 1 is 0.867 bits per heavy atom. The van der Waals surface area contributed by atoms with E-state index in [0.29, 0.717) is 5.56 Å². The molecule has 2 aromatic carbocycles. The van der Waals surface area contributed by atoms with Crippen LogP contribution in [-0.4, -0.2) is 48.1 Å². The number of aromatic nitrogens is 1. The molecule has 1 N–H and O–H groups in total. The average Bonchev–Trinajstić information content (AvgIpc) is 3.12. The molecule has 1 fully saturated rings. The van der Waals surface area contributed by atoms with Crippen LogP contribution in [0, 0.1) is 13.8 Å². The Morgan fingerprint density at radius 2 is 1.50 bits per heavy atom. The summed E-state index contributed by atoms with van der Waals surface area (Å²) in [7, 11) is 0. The Balaban J connectivity index is 1.49. The van der Waals surface area contributed by atoms with Crippen LogP contribution in [-0.2, 0) is 0 Å². The predicted octanol–water partition coefficient (Wildman–Crippen LogP) is 4.49. The maximum atomic E-state index is 12.9. The quantitative estimate of drug-likeness (QED) is 0.684. The normalized spacial score (nSPS) is 14.7. The number of piperazine rings is 1. The molecule has 1 aromatic heterocycles. The third kappa shape index (κ3) is 4.12. The maximum absolute atomic E-state index is 12.9. The zero-order valence-corrected chi connectivity index (χ0v) is 18.1. The number of anilines is 2. The Morgan fingerprint density at radius 3 is 2.13 bits per heavy atom. The van der Waals surface area contributed by atoms with E-state index in [1.54, 1.807) is 0 Å². The van der Waals surface area contributed by atoms with Crippen molar-refractivity contribution in [1.82, 2.24) is 9.47 Å². The van der Waals surface area contributed by atoms with E-state index in [2.05, 4.69) is 58.7 Å². The van der Waals surface area contributed by atoms with Gasteiger partial charge in [0.1, 0.15) is 0 Å². The SMILES string of the molecule is CCN1CCN(c2ccccc2NC(=O)c2ccc(-n3c(C)ccc3C)cc2)CC1. The highest BCUT2D eigenvalue weighted by atomic mass is 16.1. The van der Waals surface area contributed by atoms with Gasteiger partial charge in [-0.25, -0.2) is 0 Å². The number of likely N-dealkylation sites (N-methyl/N-ethyl adjacent to an activating group) is 1. The number of carbonyl (C=O) groups excluding carboxylic acids is 1. The summed E-state index contributed by atoms with van der Waals surface area (Å²) in [6.45, 7) is 11.5. The lowest BCUT2D eigenvalue weighted by molar-refractivity contribution is 0.102. The third-order valence-electron chi connectivity index (χ3n) is 5.97. The number of nitrogens with one attached hydrogen (secondary N) is 1. The van der Waals surface area contributed by atoms with Crippen LogP contribution < -0.4 is 10.2 Å². The summed E-state index contributed by atoms with van der Waals surface area (Å²) >= 11 is 0. The topological polar surface area (TPSA) is 40.5 Å². The van der Waals surface area contributed by atoms with Gasteiger partial charge in [-0.1, -0.05) is 19.1 Å². The molecule has 0 unspecified atom stereocenters. The zero-order valence-electron chi connectivity index (χ0n) is 18.1. The summed E-state index contributed by atoms with van der Waals surface area (Å²) in [6.07, 6.45) is 0. The predicted molar refractivity (Wildman–Crippen MR) is 124 cm³/mol. The minimum Gasteiger partial charge on any atom is -0.367 e. The molecule has 0 aliphatic carbocycles. The molecule has 0 radical (unpaired) electrons. The molecule has 2 heterocycles. The van der Waals surface area contributed by atoms with Gasteiger partial charge in [0, 0.05) is 48.8 Å². The van der Waals surface area contributed by atoms with Crippen LogP contribution in [0.15, 0.2) is 60.7 Å². The van der Waals surface area contributed by atoms with Gasteiger partial charge in [0.05, 0.1) is 11.4 Å². The first-order chi connectivity index (χ1) is 14.6. The highest BCUT2D eigenvalue weighted by molar-refractivity contribution is 6.06. The molecular weight excluding hydrogens is 372 g/mol. The largest absolute Gasteiger partial charge is 0.367 e. The van der Waals surface area contributed by atoms with E-state index in [-0.39, 0.29) is 5.91 Å². The van der Waals surface area contributed by atoms with Gasteiger partial charge in [0.2, 0.25) is 0 Å². The summed E-state index contributed by atoms with van der Waals surface area (Å²) in [6, 6.07) is 20.1. The molecule has 1 saturated heterocycles. The van der Waals surface area contributed by atoms with E-state index in [9.17, 15) is 4.79 Å². The second-order valence-corrected chi connectivity index (χ2v) is 7.89. The molecule has 0 saturated carbocycles. The average molecular weight is 403 g/mol. The van der Waals surface area contributed by atoms with E-state index in [1.165, 1.54) is 11.4 Å². The molecule has 0 bridgehead atoms. The number of hydrogen-bond donors (Lipinski definition) is 1. The van der Waals surface area contributed by atoms with Crippen molar-refractivity contribution in [2.24, 2.45) is 0 Å². The molecule has 5 heteroatoms. The van der Waals surface area contributed by atoms with Gasteiger partial charge in [-0.05, 0) is 68.9 Å². The Hall–Kier alpha value is -3.05. The Kier molecular flexibility index (Phi) is 5.91. The summed E-state index contributed by atoms with van der Waals surface area (Å²) in [5.74, 6) is -0.0813. The molecular formula is C25H30N4O. The molecule has 0 atom stereocenters. The second-order valence-electron chi connectivity index (χ2n) is 7.89. The number of hydrogen-bond acceptors (Lipinski definition) is 3. The number of nitrogens with zero attached hydrogens (tertiary/aromatic N) is 3. The lowest BCUT2D eigenvalue weighted by Gasteiger charge is -2.36. The third-order valence-corrected chi connectivity index (χ3v) is 5.97. The van der Waals surface area contributed by atoms with Gasteiger partial charge in [0.25, 0.3) is 5.91 Å². The number of rotatable bonds is 5. The molecule has 1 aliphatic rings. The smallest absolute Gasteiger partial charge is 0.255 e. The zero-order chi connectivity index (χ0) is 21.1. The first kappa shape index (κ1) is 20.2. The Bertz CT molecular complexity index is 994. The molecule has 0 spiro atoms. The van der Waals surface area contributed by atoms with Crippen molar-refractivity contribution in [3.63, 3.8) is 0 Å². The summed E-state index contributed by atoms with van der Waals surface area (Å²) in [4.78, 5) is 17.7. The van der Waals surface area contributed by atoms with Crippen molar-refractivity contribution in [2.75, 3.05) is 42.9 Å². The van der Waals surface area contributed by atoms with Crippen LogP contribution in [0.1, 0.15) is 28.7 Å². The van der Waals surface area contributed by atoms with E-state index in [0.717, 1.165) is 49.8 Å². The van der Waals surface area contributed by atoms with Crippen LogP contribution in [0.3, 0.4) is 0 Å². The summed E-state index contributed by atoms with van der Waals surface area (Å²) in [5.41, 5.74) is 6.06. The van der Waals surface area contributed by atoms with Gasteiger partial charge in [0.15, 0.2) is 0 Å². The highest BCUT2D eigenvalue weighted by Crippen LogP contribution is 2.27. The van der Waals surface area contributed by atoms with Crippen molar-refractivity contribution >= 4 is 17.3 Å². The van der Waals surface area contributed by atoms with E-state index < -0.39 is 0 Å². The minimum absolute atomic E-state index is 0.0813. The maximum Gasteiger partial charge on any atom is 0.255 e. The van der Waals surface area contributed by atoms with E-state index >= 15 is 0 Å². The lowest BCUT2D eigenvalue weighted by atomic mass is 10.1. The van der Waals surface area contributed by atoms with Gasteiger partial charge in [-0.3, -0.25) is 4.79 Å². The van der Waals surface area contributed by atoms with Crippen LogP contribution in [0.25, 0.3) is 5.69 Å². The number of para-hydroxylation sites is 2. The van der Waals surface area contributed by atoms with Crippen molar-refractivity contribution in [2.45, 2.75) is 20.8 Å². The van der Waals surface area contributed by atoms with Crippen LogP contribution in [0.5, 0.6) is 0 Å². The first-order valence-electron chi connectivity index (χ1n) is 10.7. The van der Waals surface area contributed by atoms with Gasteiger partial charge in [-0.15, -0.1) is 0 Å². The summed E-state index contributed by atoms with van der Waals surface area (Å²) in [5, 5.41) is 3.13. The van der Waals surface area contributed by atoms with Crippen LogP contribution in [0.2, 0.25) is 0 Å². The highest BCUT2D eigenvalue weighted by Gasteiger charge is 2.19. The fraction of sp³-hybridized carbons (Fsp3) is 0.320. The first-order valence-corrected chi connectivity index (χ1v) is 10.7. The van der Waals surface area contributed by atoms with Crippen LogP contribution in [0.4, 0.5) is 11.4 Å². The Labute approximate surface area is 178 Å². The van der Waals surface area contributed by atoms with Gasteiger partial charge < -0.3 is 19.7 Å². The molecule has 4 rings (SSSR count). The molecule has 30 heavy (non-hydrogen) atoms. The fourth-order valence-electron chi connectivity index (χ4n) is 4.19. The number of benzene rings is 2. The van der Waals surface area contributed by atoms with Crippen LogP contribution >= 0.6 is 0 Å². The number of aryl methyl sites for hydroxylation is 2. The summed E-state index contributed by atoms with van der Waals surface area (Å²) < 4.78 is 2.19. The fourth-order valence-corrected chi connectivity index (χ4v) is 4.19. The number of amides is 1. The molecule has 1 amide bonds. The molecule has 3 aromatic rings. The van der Waals surface area contributed by atoms with E-state index in [4.69, 9.17) is 0 Å². The monoisotopic (exact) mass is 402 g/mol. The molecule has 5 nitrogen and oxygen atoms in total. The second kappa shape index (κ2) is 8.76. The minimum atomic E-state index is -0.0813. The number of carbonyl (C=O) groups is 1. The van der Waals surface area contributed by atoms with Crippen molar-refractivity contribution in [3.8, 4) is 5.69 Å².